The number of hydrogen-bond acceptors (Lipinski definition) is 4. The summed E-state index contributed by atoms with van der Waals surface area (Å²) in [6.07, 6.45) is 1.59. The number of non-ortho nitro benzene ring substituents is 1. The van der Waals surface area contributed by atoms with E-state index in [0.717, 1.165) is 0 Å². The molecule has 1 aromatic carbocycles. The van der Waals surface area contributed by atoms with Crippen molar-refractivity contribution in [2.75, 3.05) is 18.1 Å². The zero-order chi connectivity index (χ0) is 13.8. The molecule has 6 nitrogen and oxygen atoms in total. The van der Waals surface area contributed by atoms with Crippen molar-refractivity contribution in [3.63, 3.8) is 0 Å². The van der Waals surface area contributed by atoms with Gasteiger partial charge in [0.25, 0.3) is 11.6 Å². The van der Waals surface area contributed by atoms with Gasteiger partial charge in [-0.2, -0.15) is 0 Å². The number of rotatable bonds is 4. The molecule has 1 aliphatic heterocycles. The van der Waals surface area contributed by atoms with E-state index in [0.29, 0.717) is 25.3 Å². The molecule has 0 N–H and O–H groups in total. The van der Waals surface area contributed by atoms with E-state index in [-0.39, 0.29) is 11.6 Å². The van der Waals surface area contributed by atoms with E-state index < -0.39 is 11.0 Å². The number of benzene rings is 1. The van der Waals surface area contributed by atoms with Gasteiger partial charge in [0.2, 0.25) is 0 Å². The average Bonchev–Trinajstić information content (AvgIpc) is 2.41. The first kappa shape index (κ1) is 13.2. The van der Waals surface area contributed by atoms with E-state index in [1.807, 2.05) is 0 Å². The summed E-state index contributed by atoms with van der Waals surface area (Å²) < 4.78 is 5.37. The third-order valence-electron chi connectivity index (χ3n) is 2.93. The van der Waals surface area contributed by atoms with Crippen molar-refractivity contribution in [1.29, 1.82) is 0 Å². The van der Waals surface area contributed by atoms with Crippen molar-refractivity contribution in [3.05, 3.63) is 47.0 Å². The Morgan fingerprint density at radius 1 is 1.47 bits per heavy atom. The van der Waals surface area contributed by atoms with Crippen LogP contribution in [0.3, 0.4) is 0 Å². The summed E-state index contributed by atoms with van der Waals surface area (Å²) in [5.74, 6) is -0.139. The molecule has 0 aromatic heterocycles. The number of nitro groups is 1. The van der Waals surface area contributed by atoms with E-state index >= 15 is 0 Å². The fourth-order valence-electron chi connectivity index (χ4n) is 1.97. The molecule has 0 aliphatic carbocycles. The summed E-state index contributed by atoms with van der Waals surface area (Å²) >= 11 is 0. The van der Waals surface area contributed by atoms with Gasteiger partial charge < -0.3 is 9.64 Å². The number of nitro benzene ring substituents is 1. The zero-order valence-corrected chi connectivity index (χ0v) is 10.3. The van der Waals surface area contributed by atoms with Gasteiger partial charge in [-0.1, -0.05) is 6.08 Å². The number of anilines is 1. The molecular formula is C13H14N2O4. The van der Waals surface area contributed by atoms with Gasteiger partial charge in [-0.05, 0) is 12.1 Å². The monoisotopic (exact) mass is 262 g/mol. The van der Waals surface area contributed by atoms with Gasteiger partial charge in [0.15, 0.2) is 0 Å². The Morgan fingerprint density at radius 3 is 2.74 bits per heavy atom. The quantitative estimate of drug-likeness (QED) is 0.472. The fraction of sp³-hybridized carbons (Fsp3) is 0.308. The van der Waals surface area contributed by atoms with Gasteiger partial charge in [0, 0.05) is 30.8 Å². The van der Waals surface area contributed by atoms with Gasteiger partial charge in [-0.25, -0.2) is 0 Å². The van der Waals surface area contributed by atoms with Crippen LogP contribution in [-0.4, -0.2) is 30.1 Å². The maximum Gasteiger partial charge on any atom is 0.269 e. The molecule has 19 heavy (non-hydrogen) atoms. The standard InChI is InChI=1S/C13H14N2O4/c1-2-3-12-13(16)14(8-9-19-12)10-4-6-11(7-5-10)15(17)18/h2,4-7,12H,1,3,8-9H2. The van der Waals surface area contributed by atoms with Gasteiger partial charge in [0.05, 0.1) is 11.5 Å². The van der Waals surface area contributed by atoms with Gasteiger partial charge in [-0.3, -0.25) is 14.9 Å². The molecule has 1 saturated heterocycles. The molecule has 1 aromatic rings. The maximum atomic E-state index is 12.2. The molecule has 100 valence electrons. The summed E-state index contributed by atoms with van der Waals surface area (Å²) in [5.41, 5.74) is 0.653. The van der Waals surface area contributed by atoms with E-state index in [1.54, 1.807) is 23.1 Å². The maximum absolute atomic E-state index is 12.2. The third-order valence-corrected chi connectivity index (χ3v) is 2.93. The Kier molecular flexibility index (Phi) is 3.91. The predicted octanol–water partition coefficient (Wildman–Crippen LogP) is 1.90. The van der Waals surface area contributed by atoms with Crippen molar-refractivity contribution in [3.8, 4) is 0 Å². The topological polar surface area (TPSA) is 72.7 Å². The zero-order valence-electron chi connectivity index (χ0n) is 10.3. The summed E-state index contributed by atoms with van der Waals surface area (Å²) in [6, 6.07) is 5.93. The number of carbonyl (C=O) groups excluding carboxylic acids is 1. The lowest BCUT2D eigenvalue weighted by atomic mass is 10.1. The van der Waals surface area contributed by atoms with Crippen LogP contribution in [0, 0.1) is 10.1 Å². The van der Waals surface area contributed by atoms with Crippen LogP contribution in [0.5, 0.6) is 0 Å². The molecule has 0 spiro atoms. The lowest BCUT2D eigenvalue weighted by Crippen LogP contribution is -2.47. The number of hydrogen-bond donors (Lipinski definition) is 0. The number of morpholine rings is 1. The van der Waals surface area contributed by atoms with Crippen LogP contribution in [0.2, 0.25) is 0 Å². The lowest BCUT2D eigenvalue weighted by molar-refractivity contribution is -0.384. The van der Waals surface area contributed by atoms with Crippen molar-refractivity contribution in [2.24, 2.45) is 0 Å². The van der Waals surface area contributed by atoms with Gasteiger partial charge in [-0.15, -0.1) is 6.58 Å². The molecule has 0 radical (unpaired) electrons. The number of carbonyl (C=O) groups is 1. The first-order chi connectivity index (χ1) is 9.13. The highest BCUT2D eigenvalue weighted by atomic mass is 16.6. The molecular weight excluding hydrogens is 248 g/mol. The molecule has 1 amide bonds. The SMILES string of the molecule is C=CCC1OCCN(c2ccc([N+](=O)[O-])cc2)C1=O. The predicted molar refractivity (Wildman–Crippen MR) is 70.0 cm³/mol. The molecule has 1 aliphatic rings. The summed E-state index contributed by atoms with van der Waals surface area (Å²) in [4.78, 5) is 23.9. The highest BCUT2D eigenvalue weighted by Gasteiger charge is 2.29. The Balaban J connectivity index is 2.18. The van der Waals surface area contributed by atoms with Crippen molar-refractivity contribution >= 4 is 17.3 Å². The minimum absolute atomic E-state index is 0.00657. The third kappa shape index (κ3) is 2.79. The summed E-state index contributed by atoms with van der Waals surface area (Å²) in [5, 5.41) is 10.6. The molecule has 1 heterocycles. The average molecular weight is 262 g/mol. The molecule has 1 fully saturated rings. The number of nitrogens with zero attached hydrogens (tertiary/aromatic N) is 2. The van der Waals surface area contributed by atoms with Crippen LogP contribution in [0.4, 0.5) is 11.4 Å². The highest BCUT2D eigenvalue weighted by molar-refractivity contribution is 5.97. The lowest BCUT2D eigenvalue weighted by Gasteiger charge is -2.32. The number of amides is 1. The van der Waals surface area contributed by atoms with E-state index in [1.165, 1.54) is 12.1 Å². The summed E-state index contributed by atoms with van der Waals surface area (Å²) in [6.45, 7) is 4.49. The molecule has 0 saturated carbocycles. The summed E-state index contributed by atoms with van der Waals surface area (Å²) in [7, 11) is 0. The Bertz CT molecular complexity index is 498. The second-order valence-corrected chi connectivity index (χ2v) is 4.15. The molecule has 1 atom stereocenters. The minimum Gasteiger partial charge on any atom is -0.366 e. The van der Waals surface area contributed by atoms with Gasteiger partial charge >= 0.3 is 0 Å². The fourth-order valence-corrected chi connectivity index (χ4v) is 1.97. The van der Waals surface area contributed by atoms with E-state index in [4.69, 9.17) is 4.74 Å². The largest absolute Gasteiger partial charge is 0.366 e. The van der Waals surface area contributed by atoms with Crippen molar-refractivity contribution < 1.29 is 14.5 Å². The van der Waals surface area contributed by atoms with Crippen LogP contribution in [0.15, 0.2) is 36.9 Å². The van der Waals surface area contributed by atoms with Crippen LogP contribution in [-0.2, 0) is 9.53 Å². The highest BCUT2D eigenvalue weighted by Crippen LogP contribution is 2.23. The van der Waals surface area contributed by atoms with Crippen LogP contribution >= 0.6 is 0 Å². The molecule has 1 unspecified atom stereocenters. The van der Waals surface area contributed by atoms with Crippen molar-refractivity contribution in [2.45, 2.75) is 12.5 Å². The molecule has 0 bridgehead atoms. The first-order valence-corrected chi connectivity index (χ1v) is 5.92. The van der Waals surface area contributed by atoms with Crippen molar-refractivity contribution in [1.82, 2.24) is 0 Å². The second-order valence-electron chi connectivity index (χ2n) is 4.15. The second kappa shape index (κ2) is 5.62. The smallest absolute Gasteiger partial charge is 0.269 e. The first-order valence-electron chi connectivity index (χ1n) is 5.92. The van der Waals surface area contributed by atoms with Crippen LogP contribution < -0.4 is 4.90 Å². The normalized spacial score (nSPS) is 19.3. The number of ether oxygens (including phenoxy) is 1. The minimum atomic E-state index is -0.513. The van der Waals surface area contributed by atoms with Crippen LogP contribution in [0.1, 0.15) is 6.42 Å². The Hall–Kier alpha value is -2.21. The molecule has 6 heteroatoms. The van der Waals surface area contributed by atoms with Gasteiger partial charge in [0.1, 0.15) is 6.10 Å². The van der Waals surface area contributed by atoms with E-state index in [2.05, 4.69) is 6.58 Å². The molecule has 2 rings (SSSR count). The van der Waals surface area contributed by atoms with E-state index in [9.17, 15) is 14.9 Å². The van der Waals surface area contributed by atoms with Crippen LogP contribution in [0.25, 0.3) is 0 Å². The Labute approximate surface area is 110 Å². The Morgan fingerprint density at radius 2 is 2.16 bits per heavy atom.